The molecule has 0 bridgehead atoms. The molecule has 0 aromatic rings. The first-order valence-corrected chi connectivity index (χ1v) is 11.0. The summed E-state index contributed by atoms with van der Waals surface area (Å²) in [5, 5.41) is 29.5. The van der Waals surface area contributed by atoms with Crippen LogP contribution in [0.3, 0.4) is 0 Å². The molecule has 3 fully saturated rings. The van der Waals surface area contributed by atoms with Gasteiger partial charge in [0.1, 0.15) is 5.70 Å². The number of hydrogen-bond donors (Lipinski definition) is 5. The van der Waals surface area contributed by atoms with E-state index < -0.39 is 18.0 Å². The monoisotopic (exact) mass is 424 g/mol. The van der Waals surface area contributed by atoms with E-state index in [1.807, 2.05) is 6.92 Å². The normalized spacial score (nSPS) is 38.0. The molecule has 5 N–H and O–H groups in total. The highest BCUT2D eigenvalue weighted by Gasteiger charge is 2.60. The fourth-order valence-electron chi connectivity index (χ4n) is 5.09. The number of carbonyl (C=O) groups is 3. The van der Waals surface area contributed by atoms with Gasteiger partial charge in [-0.25, -0.2) is 4.79 Å². The van der Waals surface area contributed by atoms with Crippen LogP contribution in [-0.4, -0.2) is 82.0 Å². The molecule has 0 aromatic carbocycles. The average Bonchev–Trinajstić information content (AvgIpc) is 3.16. The third-order valence-electron chi connectivity index (χ3n) is 6.40. The van der Waals surface area contributed by atoms with Gasteiger partial charge in [-0.2, -0.15) is 0 Å². The van der Waals surface area contributed by atoms with E-state index in [2.05, 4.69) is 16.0 Å². The summed E-state index contributed by atoms with van der Waals surface area (Å²) >= 11 is 1.55. The second kappa shape index (κ2) is 7.90. The second-order valence-electron chi connectivity index (χ2n) is 8.48. The molecule has 0 radical (unpaired) electrons. The summed E-state index contributed by atoms with van der Waals surface area (Å²) in [5.41, 5.74) is 0.0848. The number of carboxylic acids is 1. The Morgan fingerprint density at radius 3 is 2.72 bits per heavy atom. The molecule has 0 aromatic heterocycles. The number of hydrogen-bond acceptors (Lipinski definition) is 7. The van der Waals surface area contributed by atoms with Gasteiger partial charge in [0.05, 0.1) is 24.6 Å². The molecule has 1 unspecified atom stereocenters. The van der Waals surface area contributed by atoms with Gasteiger partial charge >= 0.3 is 5.97 Å². The molecule has 0 spiro atoms. The molecule has 0 aliphatic carbocycles. The summed E-state index contributed by atoms with van der Waals surface area (Å²) in [6.07, 6.45) is 0.911. The van der Waals surface area contributed by atoms with Crippen LogP contribution in [-0.2, 0) is 14.4 Å². The zero-order valence-corrected chi connectivity index (χ0v) is 17.4. The molecular weight excluding hydrogens is 396 g/mol. The third-order valence-corrected chi connectivity index (χ3v) is 7.91. The van der Waals surface area contributed by atoms with E-state index in [9.17, 15) is 24.6 Å². The zero-order valence-electron chi connectivity index (χ0n) is 16.6. The number of piperazine rings is 1. The predicted octanol–water partition coefficient (Wildman–Crippen LogP) is -0.918. The van der Waals surface area contributed by atoms with Gasteiger partial charge < -0.3 is 31.1 Å². The van der Waals surface area contributed by atoms with Crippen LogP contribution in [0.5, 0.6) is 0 Å². The lowest BCUT2D eigenvalue weighted by Crippen LogP contribution is -2.63. The number of amides is 2. The van der Waals surface area contributed by atoms with Crippen molar-refractivity contribution in [3.63, 3.8) is 0 Å². The molecule has 10 heteroatoms. The van der Waals surface area contributed by atoms with Crippen molar-refractivity contribution in [1.29, 1.82) is 0 Å². The molecule has 4 heterocycles. The number of thioether (sulfide) groups is 1. The summed E-state index contributed by atoms with van der Waals surface area (Å²) in [5.74, 6) is -2.01. The van der Waals surface area contributed by atoms with Gasteiger partial charge in [-0.05, 0) is 19.8 Å². The third kappa shape index (κ3) is 3.67. The maximum absolute atomic E-state index is 12.4. The number of fused-ring (bicyclic) bond motifs is 1. The largest absolute Gasteiger partial charge is 0.477 e. The molecule has 0 saturated carbocycles. The Balaban J connectivity index is 1.42. The van der Waals surface area contributed by atoms with Crippen LogP contribution in [0.15, 0.2) is 10.6 Å². The molecule has 4 aliphatic heterocycles. The fourth-order valence-corrected chi connectivity index (χ4v) is 6.60. The van der Waals surface area contributed by atoms with E-state index in [1.54, 1.807) is 18.7 Å². The van der Waals surface area contributed by atoms with E-state index >= 15 is 0 Å². The molecule has 160 valence electrons. The first kappa shape index (κ1) is 20.6. The molecule has 4 aliphatic rings. The Morgan fingerprint density at radius 2 is 2.07 bits per heavy atom. The van der Waals surface area contributed by atoms with Crippen LogP contribution in [0.2, 0.25) is 0 Å². The Bertz CT molecular complexity index is 757. The first-order chi connectivity index (χ1) is 13.8. The van der Waals surface area contributed by atoms with Crippen LogP contribution in [0, 0.1) is 11.8 Å². The van der Waals surface area contributed by atoms with E-state index in [1.165, 1.54) is 4.90 Å². The minimum Gasteiger partial charge on any atom is -0.477 e. The van der Waals surface area contributed by atoms with Gasteiger partial charge in [-0.1, -0.05) is 6.92 Å². The van der Waals surface area contributed by atoms with E-state index in [-0.39, 0.29) is 46.8 Å². The van der Waals surface area contributed by atoms with Crippen LogP contribution >= 0.6 is 11.8 Å². The lowest BCUT2D eigenvalue weighted by Gasteiger charge is -2.46. The van der Waals surface area contributed by atoms with Crippen molar-refractivity contribution in [2.45, 2.75) is 56.2 Å². The maximum Gasteiger partial charge on any atom is 0.353 e. The van der Waals surface area contributed by atoms with Crippen LogP contribution in [0.1, 0.15) is 26.7 Å². The minimum absolute atomic E-state index is 0.0167. The zero-order chi connectivity index (χ0) is 20.9. The lowest BCUT2D eigenvalue weighted by atomic mass is 9.79. The summed E-state index contributed by atoms with van der Waals surface area (Å²) in [6.45, 7) is 5.40. The second-order valence-corrected chi connectivity index (χ2v) is 9.83. The Labute approximate surface area is 173 Å². The van der Waals surface area contributed by atoms with E-state index in [0.29, 0.717) is 6.54 Å². The smallest absolute Gasteiger partial charge is 0.353 e. The van der Waals surface area contributed by atoms with Crippen molar-refractivity contribution < 1.29 is 24.6 Å². The molecule has 9 nitrogen and oxygen atoms in total. The van der Waals surface area contributed by atoms with Crippen molar-refractivity contribution in [3.05, 3.63) is 10.6 Å². The Kier molecular flexibility index (Phi) is 5.62. The number of rotatable bonds is 6. The number of aliphatic carboxylic acids is 1. The number of carbonyl (C=O) groups excluding carboxylic acids is 2. The summed E-state index contributed by atoms with van der Waals surface area (Å²) < 4.78 is 0. The number of aliphatic hydroxyl groups excluding tert-OH is 1. The van der Waals surface area contributed by atoms with Gasteiger partial charge in [-0.3, -0.25) is 9.59 Å². The molecule has 2 amide bonds. The van der Waals surface area contributed by atoms with Crippen LogP contribution in [0.4, 0.5) is 0 Å². The average molecular weight is 425 g/mol. The van der Waals surface area contributed by atoms with E-state index in [4.69, 9.17) is 0 Å². The van der Waals surface area contributed by atoms with Crippen molar-refractivity contribution in [2.75, 3.05) is 19.6 Å². The lowest BCUT2D eigenvalue weighted by molar-refractivity contribution is -0.163. The van der Waals surface area contributed by atoms with Crippen molar-refractivity contribution in [3.8, 4) is 0 Å². The van der Waals surface area contributed by atoms with Gasteiger partial charge in [0.2, 0.25) is 11.8 Å². The summed E-state index contributed by atoms with van der Waals surface area (Å²) in [6, 6.07) is 0.0834. The molecule has 3 saturated heterocycles. The van der Waals surface area contributed by atoms with Crippen molar-refractivity contribution in [2.24, 2.45) is 11.8 Å². The topological polar surface area (TPSA) is 131 Å². The highest BCUT2D eigenvalue weighted by atomic mass is 32.2. The number of β-lactam (4-membered cyclic amide) rings is 1. The fraction of sp³-hybridized carbons (Fsp3) is 0.737. The number of nitrogens with one attached hydrogen (secondary N) is 3. The van der Waals surface area contributed by atoms with Crippen LogP contribution in [0.25, 0.3) is 0 Å². The standard InChI is InChI=1S/C19H28N4O5S/c1-8-15-14(9(2)24)18(26)23(15)16(19(27)28)17(8)29-12-4-10(21-6-12)3-11-5-20-7-13(25)22-11/h8-12,14-15,20-21,24H,3-7H2,1-2H3,(H,22,25)(H,27,28)/t8-,9-,10-,11?,12+,14-,15-/m1/s1. The number of carboxylic acid groups (broad SMARTS) is 1. The number of aliphatic hydroxyl groups is 1. The molecule has 7 atom stereocenters. The van der Waals surface area contributed by atoms with Gasteiger partial charge in [0.25, 0.3) is 0 Å². The van der Waals surface area contributed by atoms with Gasteiger partial charge in [-0.15, -0.1) is 11.8 Å². The SMILES string of the molecule is C[C@@H](O)[C@H]1C(=O)N2C(C(=O)O)=C(S[C@@H]3CN[C@H](CC4CNCC(=O)N4)C3)[C@H](C)[C@H]12. The molecular formula is C19H28N4O5S. The summed E-state index contributed by atoms with van der Waals surface area (Å²) in [4.78, 5) is 38.0. The van der Waals surface area contributed by atoms with Gasteiger partial charge in [0, 0.05) is 41.2 Å². The molecule has 29 heavy (non-hydrogen) atoms. The minimum atomic E-state index is -1.09. The van der Waals surface area contributed by atoms with Gasteiger partial charge in [0.15, 0.2) is 0 Å². The van der Waals surface area contributed by atoms with Crippen LogP contribution < -0.4 is 16.0 Å². The van der Waals surface area contributed by atoms with Crippen molar-refractivity contribution in [1.82, 2.24) is 20.9 Å². The molecule has 4 rings (SSSR count). The predicted molar refractivity (Wildman–Crippen MR) is 107 cm³/mol. The Hall–Kier alpha value is -1.62. The number of nitrogens with zero attached hydrogens (tertiary/aromatic N) is 1. The quantitative estimate of drug-likeness (QED) is 0.346. The highest BCUT2D eigenvalue weighted by molar-refractivity contribution is 8.03. The summed E-state index contributed by atoms with van der Waals surface area (Å²) in [7, 11) is 0. The first-order valence-electron chi connectivity index (χ1n) is 10.2. The maximum atomic E-state index is 12.4. The van der Waals surface area contributed by atoms with Crippen molar-refractivity contribution >= 4 is 29.5 Å². The Morgan fingerprint density at radius 1 is 1.31 bits per heavy atom. The van der Waals surface area contributed by atoms with E-state index in [0.717, 1.165) is 30.8 Å². The highest BCUT2D eigenvalue weighted by Crippen LogP contribution is 2.51.